The minimum atomic E-state index is 0.761. The van der Waals surface area contributed by atoms with Crippen LogP contribution in [0.5, 0.6) is 0 Å². The van der Waals surface area contributed by atoms with Crippen molar-refractivity contribution in [2.24, 2.45) is 5.73 Å². The van der Waals surface area contributed by atoms with Crippen LogP contribution in [-0.4, -0.2) is 49.2 Å². The smallest absolute Gasteiger partial charge is 0.298 e. The van der Waals surface area contributed by atoms with E-state index in [4.69, 9.17) is 10.2 Å². The average Bonchev–Trinajstić information content (AvgIpc) is 2.91. The maximum absolute atomic E-state index is 5.90. The van der Waals surface area contributed by atoms with Crippen LogP contribution in [0.1, 0.15) is 18.4 Å². The third-order valence-electron chi connectivity index (χ3n) is 4.10. The van der Waals surface area contributed by atoms with E-state index in [0.29, 0.717) is 0 Å². The van der Waals surface area contributed by atoms with Gasteiger partial charge < -0.3 is 15.1 Å². The van der Waals surface area contributed by atoms with Gasteiger partial charge in [-0.05, 0) is 50.6 Å². The average molecular weight is 288 g/mol. The molecule has 21 heavy (non-hydrogen) atoms. The molecule has 0 unspecified atom stereocenters. The molecule has 5 nitrogen and oxygen atoms in total. The second kappa shape index (κ2) is 6.45. The van der Waals surface area contributed by atoms with Crippen LogP contribution >= 0.6 is 0 Å². The molecule has 0 spiro atoms. The summed E-state index contributed by atoms with van der Waals surface area (Å²) in [5, 5.41) is 0. The molecular weight excluding hydrogens is 264 g/mol. The number of hydrogen-bond acceptors (Lipinski definition) is 5. The summed E-state index contributed by atoms with van der Waals surface area (Å²) in [5.41, 5.74) is 8.58. The van der Waals surface area contributed by atoms with E-state index in [-0.39, 0.29) is 0 Å². The molecule has 1 saturated heterocycles. The van der Waals surface area contributed by atoms with Gasteiger partial charge in [0.2, 0.25) is 0 Å². The third-order valence-corrected chi connectivity index (χ3v) is 4.10. The van der Waals surface area contributed by atoms with Gasteiger partial charge in [0.15, 0.2) is 5.58 Å². The van der Waals surface area contributed by atoms with E-state index in [2.05, 4.69) is 33.8 Å². The van der Waals surface area contributed by atoms with Gasteiger partial charge in [-0.1, -0.05) is 6.07 Å². The summed E-state index contributed by atoms with van der Waals surface area (Å²) in [6.45, 7) is 8.12. The fourth-order valence-electron chi connectivity index (χ4n) is 2.80. The Hall–Kier alpha value is -1.59. The van der Waals surface area contributed by atoms with Crippen molar-refractivity contribution >= 4 is 17.1 Å². The van der Waals surface area contributed by atoms with E-state index in [1.54, 1.807) is 0 Å². The fraction of sp³-hybridized carbons (Fsp3) is 0.562. The summed E-state index contributed by atoms with van der Waals surface area (Å²) in [4.78, 5) is 9.35. The molecule has 2 aromatic rings. The lowest BCUT2D eigenvalue weighted by atomic mass is 10.2. The minimum absolute atomic E-state index is 0.761. The number of nitrogens with two attached hydrogens (primary N) is 1. The summed E-state index contributed by atoms with van der Waals surface area (Å²) in [5.74, 6) is 0. The first-order valence-corrected chi connectivity index (χ1v) is 7.81. The first kappa shape index (κ1) is 14.4. The lowest BCUT2D eigenvalue weighted by Crippen LogP contribution is -2.46. The van der Waals surface area contributed by atoms with Crippen molar-refractivity contribution in [3.05, 3.63) is 23.8 Å². The second-order valence-electron chi connectivity index (χ2n) is 5.79. The molecular formula is C16H24N4O. The predicted octanol–water partition coefficient (Wildman–Crippen LogP) is 2.00. The van der Waals surface area contributed by atoms with Crippen LogP contribution in [0.3, 0.4) is 0 Å². The molecule has 5 heteroatoms. The van der Waals surface area contributed by atoms with E-state index in [1.807, 2.05) is 6.07 Å². The van der Waals surface area contributed by atoms with Crippen molar-refractivity contribution in [3.63, 3.8) is 0 Å². The topological polar surface area (TPSA) is 58.5 Å². The number of benzene rings is 1. The number of rotatable bonds is 5. The molecule has 2 heterocycles. The largest absolute Gasteiger partial charge is 0.423 e. The molecule has 0 atom stereocenters. The fourth-order valence-corrected chi connectivity index (χ4v) is 2.80. The number of oxazole rings is 1. The number of fused-ring (bicyclic) bond motifs is 1. The molecule has 0 aliphatic carbocycles. The molecule has 1 aliphatic rings. The Morgan fingerprint density at radius 3 is 2.76 bits per heavy atom. The van der Waals surface area contributed by atoms with Crippen LogP contribution in [0.15, 0.2) is 22.6 Å². The van der Waals surface area contributed by atoms with Crippen molar-refractivity contribution < 1.29 is 4.42 Å². The van der Waals surface area contributed by atoms with E-state index < -0.39 is 0 Å². The van der Waals surface area contributed by atoms with Crippen LogP contribution in [0, 0.1) is 6.92 Å². The van der Waals surface area contributed by atoms with Crippen LogP contribution in [0.4, 0.5) is 6.01 Å². The van der Waals surface area contributed by atoms with E-state index >= 15 is 0 Å². The molecule has 0 amide bonds. The van der Waals surface area contributed by atoms with Gasteiger partial charge in [-0.25, -0.2) is 0 Å². The van der Waals surface area contributed by atoms with E-state index in [9.17, 15) is 0 Å². The third kappa shape index (κ3) is 3.36. The highest BCUT2D eigenvalue weighted by Gasteiger charge is 2.20. The number of unbranched alkanes of at least 4 members (excludes halogenated alkanes) is 1. The SMILES string of the molecule is Cc1ccc2nc(N3CCN(CCCCN)CC3)oc2c1. The van der Waals surface area contributed by atoms with E-state index in [0.717, 1.165) is 62.8 Å². The first-order valence-electron chi connectivity index (χ1n) is 7.81. The van der Waals surface area contributed by atoms with Gasteiger partial charge in [-0.3, -0.25) is 4.90 Å². The summed E-state index contributed by atoms with van der Waals surface area (Å²) < 4.78 is 5.90. The Kier molecular flexibility index (Phi) is 4.41. The number of aryl methyl sites for hydroxylation is 1. The predicted molar refractivity (Wildman–Crippen MR) is 85.7 cm³/mol. The van der Waals surface area contributed by atoms with Crippen LogP contribution < -0.4 is 10.6 Å². The zero-order chi connectivity index (χ0) is 14.7. The Morgan fingerprint density at radius 1 is 1.19 bits per heavy atom. The summed E-state index contributed by atoms with van der Waals surface area (Å²) in [6.07, 6.45) is 2.31. The maximum atomic E-state index is 5.90. The Balaban J connectivity index is 1.60. The van der Waals surface area contributed by atoms with Gasteiger partial charge in [0.25, 0.3) is 6.01 Å². The molecule has 0 bridgehead atoms. The van der Waals surface area contributed by atoms with Gasteiger partial charge in [-0.15, -0.1) is 0 Å². The standard InChI is InChI=1S/C16H24N4O/c1-13-4-5-14-15(12-13)21-16(18-14)20-10-8-19(9-11-20)7-3-2-6-17/h4-5,12H,2-3,6-11,17H2,1H3. The summed E-state index contributed by atoms with van der Waals surface area (Å²) in [7, 11) is 0. The maximum Gasteiger partial charge on any atom is 0.298 e. The van der Waals surface area contributed by atoms with Crippen LogP contribution in [-0.2, 0) is 0 Å². The summed E-state index contributed by atoms with van der Waals surface area (Å²) in [6, 6.07) is 6.91. The van der Waals surface area contributed by atoms with Gasteiger partial charge in [0, 0.05) is 26.2 Å². The number of piperazine rings is 1. The molecule has 0 radical (unpaired) electrons. The summed E-state index contributed by atoms with van der Waals surface area (Å²) >= 11 is 0. The highest BCUT2D eigenvalue weighted by Crippen LogP contribution is 2.23. The van der Waals surface area contributed by atoms with Crippen LogP contribution in [0.2, 0.25) is 0 Å². The molecule has 1 aromatic heterocycles. The number of anilines is 1. The monoisotopic (exact) mass is 288 g/mol. The molecule has 114 valence electrons. The number of aromatic nitrogens is 1. The van der Waals surface area contributed by atoms with Crippen molar-refractivity contribution in [1.82, 2.24) is 9.88 Å². The second-order valence-corrected chi connectivity index (χ2v) is 5.79. The van der Waals surface area contributed by atoms with Gasteiger partial charge in [0.05, 0.1) is 0 Å². The van der Waals surface area contributed by atoms with Gasteiger partial charge >= 0.3 is 0 Å². The zero-order valence-corrected chi connectivity index (χ0v) is 12.7. The lowest BCUT2D eigenvalue weighted by Gasteiger charge is -2.33. The molecule has 1 aliphatic heterocycles. The van der Waals surface area contributed by atoms with Gasteiger partial charge in [0.1, 0.15) is 5.52 Å². The Labute approximate surface area is 125 Å². The quantitative estimate of drug-likeness (QED) is 0.853. The van der Waals surface area contributed by atoms with Crippen molar-refractivity contribution in [3.8, 4) is 0 Å². The lowest BCUT2D eigenvalue weighted by molar-refractivity contribution is 0.249. The van der Waals surface area contributed by atoms with Crippen molar-refractivity contribution in [2.45, 2.75) is 19.8 Å². The van der Waals surface area contributed by atoms with Gasteiger partial charge in [-0.2, -0.15) is 4.98 Å². The number of nitrogens with zero attached hydrogens (tertiary/aromatic N) is 3. The van der Waals surface area contributed by atoms with Crippen molar-refractivity contribution in [2.75, 3.05) is 44.2 Å². The highest BCUT2D eigenvalue weighted by atomic mass is 16.4. The van der Waals surface area contributed by atoms with Crippen LogP contribution in [0.25, 0.3) is 11.1 Å². The molecule has 1 aromatic carbocycles. The zero-order valence-electron chi connectivity index (χ0n) is 12.7. The minimum Gasteiger partial charge on any atom is -0.423 e. The molecule has 0 saturated carbocycles. The van der Waals surface area contributed by atoms with E-state index in [1.165, 1.54) is 12.0 Å². The molecule has 1 fully saturated rings. The Morgan fingerprint density at radius 2 is 2.00 bits per heavy atom. The number of hydrogen-bond donors (Lipinski definition) is 1. The molecule has 3 rings (SSSR count). The Bertz CT molecular complexity index is 587. The molecule has 2 N–H and O–H groups in total. The first-order chi connectivity index (χ1) is 10.3. The normalized spacial score (nSPS) is 16.8. The highest BCUT2D eigenvalue weighted by molar-refractivity contribution is 5.75. The van der Waals surface area contributed by atoms with Crippen molar-refractivity contribution in [1.29, 1.82) is 0 Å².